The molecule has 158 valence electrons. The van der Waals surface area contributed by atoms with E-state index in [-0.39, 0.29) is 25.9 Å². The number of nitrogens with zero attached hydrogens (tertiary/aromatic N) is 1. The molecule has 0 heterocycles. The summed E-state index contributed by atoms with van der Waals surface area (Å²) in [6, 6.07) is 8.58. The van der Waals surface area contributed by atoms with Crippen molar-refractivity contribution in [1.29, 1.82) is 0 Å². The van der Waals surface area contributed by atoms with Crippen LogP contribution in [0.4, 0.5) is 11.4 Å². The summed E-state index contributed by atoms with van der Waals surface area (Å²) >= 11 is 18.0. The molecule has 10 heteroatoms. The summed E-state index contributed by atoms with van der Waals surface area (Å²) < 4.78 is 26.7. The molecule has 0 saturated heterocycles. The van der Waals surface area contributed by atoms with Crippen LogP contribution < -0.4 is 10.6 Å². The second-order valence-corrected chi connectivity index (χ2v) is 9.38. The summed E-state index contributed by atoms with van der Waals surface area (Å²) in [5, 5.41) is 6.48. The summed E-state index contributed by atoms with van der Waals surface area (Å²) in [5.74, 6) is -0.373. The molecule has 2 rings (SSSR count). The van der Waals surface area contributed by atoms with Crippen molar-refractivity contribution < 1.29 is 13.2 Å². The Labute approximate surface area is 186 Å². The van der Waals surface area contributed by atoms with Crippen LogP contribution in [0, 0.1) is 0 Å². The number of amides is 1. The standard InChI is InChI=1S/C19H22Cl3N3O3S/c1-4-25(5-2)29(27,28)14-8-6-7-13(9-14)23-12(3)19(26)24-18-11-16(21)15(20)10-17(18)22/h6-12,23H,4-5H2,1-3H3,(H,24,26)/t12-/m1/s1. The van der Waals surface area contributed by atoms with Crippen molar-refractivity contribution in [2.75, 3.05) is 23.7 Å². The number of hydrogen-bond acceptors (Lipinski definition) is 4. The highest BCUT2D eigenvalue weighted by Gasteiger charge is 2.22. The second kappa shape index (κ2) is 10.00. The Balaban J connectivity index is 2.16. The van der Waals surface area contributed by atoms with Crippen molar-refractivity contribution in [2.45, 2.75) is 31.7 Å². The average molecular weight is 479 g/mol. The van der Waals surface area contributed by atoms with Gasteiger partial charge >= 0.3 is 0 Å². The number of carbonyl (C=O) groups excluding carboxylic acids is 1. The van der Waals surface area contributed by atoms with Gasteiger partial charge in [0, 0.05) is 18.8 Å². The molecule has 2 aromatic rings. The van der Waals surface area contributed by atoms with Crippen molar-refractivity contribution in [1.82, 2.24) is 4.31 Å². The summed E-state index contributed by atoms with van der Waals surface area (Å²) in [6.07, 6.45) is 0. The first-order valence-corrected chi connectivity index (χ1v) is 11.5. The maximum absolute atomic E-state index is 12.7. The fourth-order valence-electron chi connectivity index (χ4n) is 2.63. The molecule has 2 N–H and O–H groups in total. The zero-order chi connectivity index (χ0) is 21.8. The minimum atomic E-state index is -3.59. The molecule has 6 nitrogen and oxygen atoms in total. The van der Waals surface area contributed by atoms with Crippen LogP contribution in [0.15, 0.2) is 41.3 Å². The lowest BCUT2D eigenvalue weighted by Gasteiger charge is -2.20. The molecular weight excluding hydrogens is 457 g/mol. The largest absolute Gasteiger partial charge is 0.374 e. The van der Waals surface area contributed by atoms with E-state index in [0.717, 1.165) is 0 Å². The fraction of sp³-hybridized carbons (Fsp3) is 0.316. The molecule has 0 aliphatic heterocycles. The highest BCUT2D eigenvalue weighted by Crippen LogP contribution is 2.32. The van der Waals surface area contributed by atoms with Gasteiger partial charge < -0.3 is 10.6 Å². The smallest absolute Gasteiger partial charge is 0.246 e. The van der Waals surface area contributed by atoms with Gasteiger partial charge in [0.05, 0.1) is 25.7 Å². The van der Waals surface area contributed by atoms with E-state index in [1.54, 1.807) is 32.9 Å². The monoisotopic (exact) mass is 477 g/mol. The van der Waals surface area contributed by atoms with Crippen LogP contribution in [0.3, 0.4) is 0 Å². The van der Waals surface area contributed by atoms with Crippen molar-refractivity contribution in [2.24, 2.45) is 0 Å². The highest BCUT2D eigenvalue weighted by atomic mass is 35.5. The minimum absolute atomic E-state index is 0.159. The van der Waals surface area contributed by atoms with Gasteiger partial charge in [-0.05, 0) is 37.3 Å². The molecule has 0 saturated carbocycles. The first-order valence-electron chi connectivity index (χ1n) is 8.92. The van der Waals surface area contributed by atoms with Crippen molar-refractivity contribution in [3.63, 3.8) is 0 Å². The Kier molecular flexibility index (Phi) is 8.19. The second-order valence-electron chi connectivity index (χ2n) is 6.22. The molecule has 2 aromatic carbocycles. The maximum Gasteiger partial charge on any atom is 0.246 e. The molecule has 0 fully saturated rings. The normalized spacial score (nSPS) is 12.7. The van der Waals surface area contributed by atoms with Gasteiger partial charge in [0.25, 0.3) is 0 Å². The maximum atomic E-state index is 12.7. The van der Waals surface area contributed by atoms with Gasteiger partial charge in [-0.1, -0.05) is 54.7 Å². The van der Waals surface area contributed by atoms with Crippen LogP contribution in [-0.2, 0) is 14.8 Å². The Bertz CT molecular complexity index is 995. The van der Waals surface area contributed by atoms with E-state index in [1.807, 2.05) is 0 Å². The van der Waals surface area contributed by atoms with Crippen molar-refractivity contribution >= 4 is 62.1 Å². The van der Waals surface area contributed by atoms with E-state index >= 15 is 0 Å². The molecule has 0 unspecified atom stereocenters. The molecule has 0 radical (unpaired) electrons. The quantitative estimate of drug-likeness (QED) is 0.516. The van der Waals surface area contributed by atoms with Crippen LogP contribution in [0.2, 0.25) is 15.1 Å². The van der Waals surface area contributed by atoms with Crippen molar-refractivity contribution in [3.05, 3.63) is 51.5 Å². The van der Waals surface area contributed by atoms with E-state index in [0.29, 0.717) is 24.5 Å². The summed E-state index contributed by atoms with van der Waals surface area (Å²) in [4.78, 5) is 12.7. The summed E-state index contributed by atoms with van der Waals surface area (Å²) in [6.45, 7) is 5.96. The molecule has 0 aliphatic rings. The lowest BCUT2D eigenvalue weighted by molar-refractivity contribution is -0.116. The number of sulfonamides is 1. The van der Waals surface area contributed by atoms with Crippen LogP contribution in [0.5, 0.6) is 0 Å². The van der Waals surface area contributed by atoms with Gasteiger partial charge in [0.1, 0.15) is 6.04 Å². The van der Waals surface area contributed by atoms with E-state index in [9.17, 15) is 13.2 Å². The molecule has 0 aromatic heterocycles. The number of nitrogens with one attached hydrogen (secondary N) is 2. The van der Waals surface area contributed by atoms with E-state index < -0.39 is 16.1 Å². The van der Waals surface area contributed by atoms with Crippen LogP contribution >= 0.6 is 34.8 Å². The SMILES string of the molecule is CCN(CC)S(=O)(=O)c1cccc(N[C@H](C)C(=O)Nc2cc(Cl)c(Cl)cc2Cl)c1. The fourth-order valence-corrected chi connectivity index (χ4v) is 4.73. The zero-order valence-electron chi connectivity index (χ0n) is 16.2. The Hall–Kier alpha value is -1.51. The number of carbonyl (C=O) groups is 1. The molecule has 1 amide bonds. The summed E-state index contributed by atoms with van der Waals surface area (Å²) in [7, 11) is -3.59. The first kappa shape index (κ1) is 23.8. The first-order chi connectivity index (χ1) is 13.6. The average Bonchev–Trinajstić information content (AvgIpc) is 2.67. The molecule has 1 atom stereocenters. The highest BCUT2D eigenvalue weighted by molar-refractivity contribution is 7.89. The van der Waals surface area contributed by atoms with Crippen LogP contribution in [0.25, 0.3) is 0 Å². The number of rotatable bonds is 8. The predicted octanol–water partition coefficient (Wildman–Crippen LogP) is 5.12. The van der Waals surface area contributed by atoms with Crippen molar-refractivity contribution in [3.8, 4) is 0 Å². The third-order valence-corrected chi connectivity index (χ3v) is 7.30. The Morgan fingerprint density at radius 2 is 1.66 bits per heavy atom. The van der Waals surface area contributed by atoms with Gasteiger partial charge in [0.2, 0.25) is 15.9 Å². The van der Waals surface area contributed by atoms with Crippen LogP contribution in [-0.4, -0.2) is 37.8 Å². The molecular formula is C19H22Cl3N3O3S. The number of halogens is 3. The minimum Gasteiger partial charge on any atom is -0.374 e. The lowest BCUT2D eigenvalue weighted by atomic mass is 10.2. The summed E-state index contributed by atoms with van der Waals surface area (Å²) in [5.41, 5.74) is 0.832. The number of anilines is 2. The van der Waals surface area contributed by atoms with Gasteiger partial charge in [-0.3, -0.25) is 4.79 Å². The topological polar surface area (TPSA) is 78.5 Å². The third kappa shape index (κ3) is 5.77. The van der Waals surface area contributed by atoms with E-state index in [1.165, 1.54) is 28.6 Å². The van der Waals surface area contributed by atoms with Gasteiger partial charge in [-0.25, -0.2) is 8.42 Å². The Morgan fingerprint density at radius 1 is 1.03 bits per heavy atom. The zero-order valence-corrected chi connectivity index (χ0v) is 19.3. The third-order valence-electron chi connectivity index (χ3n) is 4.22. The molecule has 0 bridgehead atoms. The number of hydrogen-bond donors (Lipinski definition) is 2. The van der Waals surface area contributed by atoms with E-state index in [4.69, 9.17) is 34.8 Å². The van der Waals surface area contributed by atoms with Gasteiger partial charge in [-0.15, -0.1) is 0 Å². The number of benzene rings is 2. The van der Waals surface area contributed by atoms with E-state index in [2.05, 4.69) is 10.6 Å². The predicted molar refractivity (Wildman–Crippen MR) is 120 cm³/mol. The van der Waals surface area contributed by atoms with Crippen LogP contribution in [0.1, 0.15) is 20.8 Å². The molecule has 0 spiro atoms. The Morgan fingerprint density at radius 3 is 2.28 bits per heavy atom. The van der Waals surface area contributed by atoms with Gasteiger partial charge in [0.15, 0.2) is 0 Å². The molecule has 29 heavy (non-hydrogen) atoms. The molecule has 0 aliphatic carbocycles. The lowest BCUT2D eigenvalue weighted by Crippen LogP contribution is -2.32. The van der Waals surface area contributed by atoms with Gasteiger partial charge in [-0.2, -0.15) is 4.31 Å².